The van der Waals surface area contributed by atoms with Crippen molar-refractivity contribution in [3.8, 4) is 5.75 Å². The van der Waals surface area contributed by atoms with Crippen LogP contribution in [0.2, 0.25) is 0 Å². The van der Waals surface area contributed by atoms with Crippen LogP contribution in [-0.4, -0.2) is 171 Å². The van der Waals surface area contributed by atoms with E-state index in [9.17, 15) is 48.6 Å². The fourth-order valence-electron chi connectivity index (χ4n) is 8.84. The van der Waals surface area contributed by atoms with Gasteiger partial charge >= 0.3 is 11.9 Å². The van der Waals surface area contributed by atoms with Crippen molar-refractivity contribution < 1.29 is 58.1 Å². The fraction of sp³-hybridized carbons (Fsp3) is 0.469. The van der Waals surface area contributed by atoms with Crippen molar-refractivity contribution in [1.29, 1.82) is 0 Å². The number of carbonyl (C=O) groups excluding carboxylic acids is 8. The lowest BCUT2D eigenvalue weighted by molar-refractivity contribution is -0.157. The van der Waals surface area contributed by atoms with Gasteiger partial charge in [-0.2, -0.15) is 11.8 Å². The number of hydrogen-bond donors (Lipinski definition) is 6. The summed E-state index contributed by atoms with van der Waals surface area (Å²) in [6.07, 6.45) is -0.246. The van der Waals surface area contributed by atoms with Crippen molar-refractivity contribution in [2.75, 3.05) is 50.6 Å². The van der Waals surface area contributed by atoms with E-state index in [1.165, 1.54) is 59.1 Å². The molecule has 380 valence electrons. The molecule has 2 aromatic carbocycles. The van der Waals surface area contributed by atoms with Gasteiger partial charge in [-0.3, -0.25) is 38.4 Å². The zero-order valence-corrected chi connectivity index (χ0v) is 41.0. The summed E-state index contributed by atoms with van der Waals surface area (Å²) < 4.78 is 5.89. The molecule has 3 saturated heterocycles. The number of hydrogen-bond acceptors (Lipinski definition) is 15. The summed E-state index contributed by atoms with van der Waals surface area (Å²) in [6.45, 7) is 2.73. The Kier molecular flexibility index (Phi) is 17.8. The molecule has 0 aliphatic carbocycles. The molecule has 0 saturated carbocycles. The minimum absolute atomic E-state index is 0.0244. The normalized spacial score (nSPS) is 25.4. The third-order valence-corrected chi connectivity index (χ3v) is 14.2. The van der Waals surface area contributed by atoms with E-state index >= 15 is 4.79 Å². The molecule has 0 bridgehead atoms. The van der Waals surface area contributed by atoms with E-state index in [1.54, 1.807) is 37.3 Å². The SMILES string of the molecule is CC[C@H]1NC(=O)[C@@H](NC(=O)c2ncccc2O)[C@@H](C)OC(=O)[C@H](c2ccccc2)NC(=O)[C@@H]2CC(=O)[C@H](CSC[C@H](N)C(=O)O)CN2C(=O)[C@H](Cc2ccc(N(C)C)cc2)N(C)C(=O)[C@@H]2CCCN2C1=O. The van der Waals surface area contributed by atoms with Gasteiger partial charge in [-0.25, -0.2) is 9.78 Å². The van der Waals surface area contributed by atoms with Gasteiger partial charge in [0.2, 0.25) is 29.5 Å². The highest BCUT2D eigenvalue weighted by Crippen LogP contribution is 2.29. The van der Waals surface area contributed by atoms with Crippen LogP contribution in [0, 0.1) is 5.92 Å². The quantitative estimate of drug-likeness (QED) is 0.136. The minimum Gasteiger partial charge on any atom is -0.505 e. The maximum absolute atomic E-state index is 15.5. The van der Waals surface area contributed by atoms with E-state index in [2.05, 4.69) is 20.9 Å². The van der Waals surface area contributed by atoms with Gasteiger partial charge in [0.1, 0.15) is 53.9 Å². The first kappa shape index (κ1) is 53.3. The van der Waals surface area contributed by atoms with Crippen molar-refractivity contribution >= 4 is 70.6 Å². The highest BCUT2D eigenvalue weighted by molar-refractivity contribution is 7.99. The first-order valence-electron chi connectivity index (χ1n) is 23.3. The van der Waals surface area contributed by atoms with Crippen LogP contribution in [0.25, 0.3) is 0 Å². The number of carbonyl (C=O) groups is 9. The predicted molar refractivity (Wildman–Crippen MR) is 260 cm³/mol. The van der Waals surface area contributed by atoms with Crippen molar-refractivity contribution in [1.82, 2.24) is 35.6 Å². The molecule has 9 atom stereocenters. The number of pyridine rings is 1. The van der Waals surface area contributed by atoms with Crippen LogP contribution in [-0.2, 0) is 49.5 Å². The lowest BCUT2D eigenvalue weighted by atomic mass is 9.90. The van der Waals surface area contributed by atoms with E-state index in [0.29, 0.717) is 12.0 Å². The van der Waals surface area contributed by atoms with Crippen molar-refractivity contribution in [3.05, 3.63) is 89.7 Å². The Bertz CT molecular complexity index is 2480. The third kappa shape index (κ3) is 12.6. The molecule has 0 spiro atoms. The number of aromatic nitrogens is 1. The molecular formula is C49H61N9O12S. The number of Topliss-reactive ketones (excluding diaryl/α,β-unsaturated/α-hetero) is 1. The van der Waals surface area contributed by atoms with Gasteiger partial charge in [0.15, 0.2) is 11.7 Å². The van der Waals surface area contributed by atoms with Crippen molar-refractivity contribution in [2.24, 2.45) is 11.7 Å². The molecule has 0 unspecified atom stereocenters. The number of thioether (sulfide) groups is 1. The zero-order chi connectivity index (χ0) is 51.7. The lowest BCUT2D eigenvalue weighted by Gasteiger charge is -2.42. The monoisotopic (exact) mass is 999 g/mol. The van der Waals surface area contributed by atoms with Gasteiger partial charge in [0, 0.05) is 76.4 Å². The van der Waals surface area contributed by atoms with Gasteiger partial charge in [-0.1, -0.05) is 49.4 Å². The van der Waals surface area contributed by atoms with Crippen molar-refractivity contribution in [3.63, 3.8) is 0 Å². The number of nitrogens with two attached hydrogens (primary N) is 1. The maximum atomic E-state index is 15.5. The Morgan fingerprint density at radius 1 is 0.930 bits per heavy atom. The molecule has 3 aliphatic rings. The van der Waals surface area contributed by atoms with E-state index in [-0.39, 0.29) is 49.4 Å². The number of piperidine rings is 1. The number of rotatable bonds is 12. The summed E-state index contributed by atoms with van der Waals surface area (Å²) in [7, 11) is 5.16. The number of aliphatic carboxylic acids is 1. The summed E-state index contributed by atoms with van der Waals surface area (Å²) in [5.41, 5.74) is 7.02. The van der Waals surface area contributed by atoms with Crippen LogP contribution in [0.1, 0.15) is 67.2 Å². The average Bonchev–Trinajstić information content (AvgIpc) is 3.85. The number of amides is 6. The average molecular weight is 1000 g/mol. The Morgan fingerprint density at radius 3 is 2.28 bits per heavy atom. The highest BCUT2D eigenvalue weighted by atomic mass is 32.2. The Hall–Kier alpha value is -7.07. The van der Waals surface area contributed by atoms with Gasteiger partial charge in [-0.05, 0) is 61.6 Å². The number of benzene rings is 2. The van der Waals surface area contributed by atoms with Gasteiger partial charge in [-0.15, -0.1) is 0 Å². The molecule has 6 rings (SSSR count). The van der Waals surface area contributed by atoms with E-state index < -0.39 is 125 Å². The summed E-state index contributed by atoms with van der Waals surface area (Å²) in [4.78, 5) is 137. The van der Waals surface area contributed by atoms with E-state index in [4.69, 9.17) is 10.5 Å². The number of ketones is 1. The van der Waals surface area contributed by atoms with E-state index in [1.807, 2.05) is 31.1 Å². The number of aromatic hydroxyl groups is 1. The number of nitrogens with one attached hydrogen (secondary N) is 3. The highest BCUT2D eigenvalue weighted by Gasteiger charge is 2.47. The molecule has 0 radical (unpaired) electrons. The lowest BCUT2D eigenvalue weighted by Crippen LogP contribution is -2.63. The smallest absolute Gasteiger partial charge is 0.333 e. The maximum Gasteiger partial charge on any atom is 0.333 e. The summed E-state index contributed by atoms with van der Waals surface area (Å²) >= 11 is 1.10. The number of likely N-dealkylation sites (N-methyl/N-ethyl adjacent to an activating group) is 1. The molecule has 3 fully saturated rings. The Morgan fingerprint density at radius 2 is 1.63 bits per heavy atom. The number of esters is 1. The third-order valence-electron chi connectivity index (χ3n) is 13.0. The topological polar surface area (TPSA) is 291 Å². The minimum atomic E-state index is -1.73. The molecule has 3 aromatic rings. The summed E-state index contributed by atoms with van der Waals surface area (Å²) in [6, 6.07) is 7.97. The molecule has 4 heterocycles. The molecule has 1 aromatic heterocycles. The second-order valence-corrected chi connectivity index (χ2v) is 19.1. The number of fused-ring (bicyclic) bond motifs is 2. The van der Waals surface area contributed by atoms with Crippen LogP contribution in [0.4, 0.5) is 5.69 Å². The number of carboxylic acids is 1. The first-order chi connectivity index (χ1) is 33.8. The number of ether oxygens (including phenoxy) is 1. The fourth-order valence-corrected chi connectivity index (χ4v) is 9.94. The van der Waals surface area contributed by atoms with Crippen LogP contribution in [0.3, 0.4) is 0 Å². The molecule has 7 N–H and O–H groups in total. The van der Waals surface area contributed by atoms with Crippen LogP contribution in [0.15, 0.2) is 72.9 Å². The van der Waals surface area contributed by atoms with E-state index in [0.717, 1.165) is 17.4 Å². The Labute approximate surface area is 415 Å². The summed E-state index contributed by atoms with van der Waals surface area (Å²) in [5.74, 6) is -9.05. The molecule has 6 amide bonds. The number of cyclic esters (lactones) is 1. The number of nitrogens with zero attached hydrogens (tertiary/aromatic N) is 5. The van der Waals surface area contributed by atoms with Crippen LogP contribution < -0.4 is 26.6 Å². The standard InChI is InChI=1S/C49H61N9O12S/c1-6-33-45(64)57-21-11-14-34(57)46(65)56(5)36(22-28-16-18-31(19-17-28)55(3)4)47(66)58-24-30(25-71-26-32(50)48(67)68)38(60)23-35(58)42(61)54-40(29-12-8-7-9-13-29)49(69)70-27(2)39(43(62)52-33)53-44(63)41-37(59)15-10-20-51-41/h7-10,12-13,15-20,27,30,32-36,39-40,59H,6,11,14,21-26,50H2,1-5H3,(H,52,62)(H,53,63)(H,54,61)(H,67,68)/t27-,30+,32+,33-,34+,35+,36+,39+,40+/m1/s1. The molecular weight excluding hydrogens is 939 g/mol. The van der Waals surface area contributed by atoms with Gasteiger partial charge < -0.3 is 56.2 Å². The van der Waals surface area contributed by atoms with Crippen LogP contribution >= 0.6 is 11.8 Å². The Balaban J connectivity index is 1.46. The largest absolute Gasteiger partial charge is 0.505 e. The molecule has 22 heteroatoms. The number of anilines is 1. The second kappa shape index (κ2) is 23.7. The summed E-state index contributed by atoms with van der Waals surface area (Å²) in [5, 5.41) is 27.7. The van der Waals surface area contributed by atoms with Crippen LogP contribution in [0.5, 0.6) is 5.75 Å². The van der Waals surface area contributed by atoms with Gasteiger partial charge in [0.25, 0.3) is 5.91 Å². The first-order valence-corrected chi connectivity index (χ1v) is 24.5. The second-order valence-electron chi connectivity index (χ2n) is 18.1. The van der Waals surface area contributed by atoms with Crippen molar-refractivity contribution in [2.45, 2.75) is 94.3 Å². The van der Waals surface area contributed by atoms with Gasteiger partial charge in [0.05, 0.1) is 0 Å². The molecule has 21 nitrogen and oxygen atoms in total. The zero-order valence-electron chi connectivity index (χ0n) is 40.2. The number of carboxylic acid groups (broad SMARTS) is 1. The molecule has 71 heavy (non-hydrogen) atoms. The predicted octanol–water partition coefficient (Wildman–Crippen LogP) is 0.641. The molecule has 3 aliphatic heterocycles.